The molecule has 0 bridgehead atoms. The monoisotopic (exact) mass is 458 g/mol. The van der Waals surface area contributed by atoms with E-state index in [1.54, 1.807) is 6.07 Å². The number of alkyl halides is 3. The van der Waals surface area contributed by atoms with Gasteiger partial charge in [0.25, 0.3) is 5.91 Å². The third-order valence-corrected chi connectivity index (χ3v) is 4.66. The summed E-state index contributed by atoms with van der Waals surface area (Å²) >= 11 is 6.20. The molecule has 0 aliphatic rings. The molecule has 31 heavy (non-hydrogen) atoms. The quantitative estimate of drug-likeness (QED) is 0.546. The highest BCUT2D eigenvalue weighted by Crippen LogP contribution is 2.36. The number of ether oxygens (including phenoxy) is 3. The third-order valence-electron chi connectivity index (χ3n) is 4.31. The zero-order valence-corrected chi connectivity index (χ0v) is 17.5. The van der Waals surface area contributed by atoms with Crippen LogP contribution < -0.4 is 14.8 Å². The van der Waals surface area contributed by atoms with Crippen LogP contribution >= 0.6 is 11.6 Å². The Balaban J connectivity index is 2.17. The van der Waals surface area contributed by atoms with Gasteiger partial charge in [-0.25, -0.2) is 9.50 Å². The number of rotatable bonds is 7. The van der Waals surface area contributed by atoms with Gasteiger partial charge in [-0.2, -0.15) is 18.3 Å². The van der Waals surface area contributed by atoms with Crippen LogP contribution in [0.4, 0.5) is 13.2 Å². The molecular weight excluding hydrogens is 441 g/mol. The Bertz CT molecular complexity index is 1120. The van der Waals surface area contributed by atoms with E-state index >= 15 is 0 Å². The number of amides is 1. The minimum absolute atomic E-state index is 0.0334. The lowest BCUT2D eigenvalue weighted by atomic mass is 10.1. The fraction of sp³-hybridized carbons (Fsp3) is 0.316. The second-order valence-electron chi connectivity index (χ2n) is 6.24. The van der Waals surface area contributed by atoms with Crippen molar-refractivity contribution in [3.8, 4) is 22.8 Å². The Morgan fingerprint density at radius 2 is 1.87 bits per heavy atom. The molecule has 0 aliphatic carbocycles. The van der Waals surface area contributed by atoms with Gasteiger partial charge >= 0.3 is 6.18 Å². The van der Waals surface area contributed by atoms with Gasteiger partial charge in [-0.05, 0) is 24.3 Å². The lowest BCUT2D eigenvalue weighted by molar-refractivity contribution is -0.142. The number of carbonyl (C=O) groups excluding carboxylic acids is 1. The molecule has 0 unspecified atom stereocenters. The molecule has 0 atom stereocenters. The fourth-order valence-electron chi connectivity index (χ4n) is 2.83. The van der Waals surface area contributed by atoms with Crippen molar-refractivity contribution in [3.63, 3.8) is 0 Å². The number of carbonyl (C=O) groups is 1. The number of hydrogen-bond acceptors (Lipinski definition) is 6. The number of halogens is 4. The molecule has 0 saturated carbocycles. The van der Waals surface area contributed by atoms with Gasteiger partial charge in [0, 0.05) is 19.2 Å². The first-order valence-electron chi connectivity index (χ1n) is 8.87. The van der Waals surface area contributed by atoms with E-state index in [-0.39, 0.29) is 35.2 Å². The van der Waals surface area contributed by atoms with Crippen LogP contribution in [0.1, 0.15) is 16.2 Å². The van der Waals surface area contributed by atoms with Crippen LogP contribution in [-0.4, -0.2) is 55.0 Å². The van der Waals surface area contributed by atoms with E-state index in [2.05, 4.69) is 15.4 Å². The Morgan fingerprint density at radius 1 is 1.16 bits per heavy atom. The van der Waals surface area contributed by atoms with E-state index in [1.807, 2.05) is 0 Å². The van der Waals surface area contributed by atoms with E-state index in [4.69, 9.17) is 25.8 Å². The zero-order valence-electron chi connectivity index (χ0n) is 16.7. The summed E-state index contributed by atoms with van der Waals surface area (Å²) in [7, 11) is 4.29. The van der Waals surface area contributed by atoms with Crippen LogP contribution in [0.2, 0.25) is 5.02 Å². The minimum Gasteiger partial charge on any atom is -0.493 e. The number of benzene rings is 1. The Morgan fingerprint density at radius 3 is 2.48 bits per heavy atom. The second kappa shape index (κ2) is 8.98. The molecule has 2 heterocycles. The molecular formula is C19H18ClF3N4O4. The summed E-state index contributed by atoms with van der Waals surface area (Å²) in [5.41, 5.74) is -1.53. The highest BCUT2D eigenvalue weighted by Gasteiger charge is 2.36. The van der Waals surface area contributed by atoms with Crippen molar-refractivity contribution in [2.75, 3.05) is 34.5 Å². The predicted octanol–water partition coefficient (Wildman–Crippen LogP) is 3.46. The van der Waals surface area contributed by atoms with E-state index < -0.39 is 17.8 Å². The smallest absolute Gasteiger partial charge is 0.433 e. The van der Waals surface area contributed by atoms with Gasteiger partial charge in [-0.15, -0.1) is 0 Å². The number of aromatic nitrogens is 3. The van der Waals surface area contributed by atoms with Crippen LogP contribution in [0.15, 0.2) is 24.3 Å². The van der Waals surface area contributed by atoms with Crippen molar-refractivity contribution >= 4 is 23.2 Å². The molecule has 0 spiro atoms. The zero-order chi connectivity index (χ0) is 22.8. The highest BCUT2D eigenvalue weighted by atomic mass is 35.5. The van der Waals surface area contributed by atoms with Crippen molar-refractivity contribution in [1.82, 2.24) is 19.9 Å². The van der Waals surface area contributed by atoms with Crippen molar-refractivity contribution in [2.45, 2.75) is 6.18 Å². The molecule has 3 aromatic rings. The van der Waals surface area contributed by atoms with E-state index in [1.165, 1.54) is 33.5 Å². The summed E-state index contributed by atoms with van der Waals surface area (Å²) in [5.74, 6) is -0.0258. The normalized spacial score (nSPS) is 11.6. The van der Waals surface area contributed by atoms with E-state index in [0.29, 0.717) is 21.6 Å². The molecule has 1 N–H and O–H groups in total. The maximum atomic E-state index is 13.8. The standard InChI is InChI=1S/C19H18ClF3N4O4/c1-29-7-6-24-18(28)16-15(20)17-25-11(9-14(19(21,22)23)27(17)26-16)10-4-5-12(30-2)13(8-10)31-3/h4-5,8-9H,6-7H2,1-3H3,(H,24,28). The highest BCUT2D eigenvalue weighted by molar-refractivity contribution is 6.36. The lowest BCUT2D eigenvalue weighted by Gasteiger charge is -2.12. The molecule has 3 rings (SSSR count). The van der Waals surface area contributed by atoms with Crippen LogP contribution in [0, 0.1) is 0 Å². The first kappa shape index (κ1) is 22.6. The first-order chi connectivity index (χ1) is 14.7. The maximum absolute atomic E-state index is 13.8. The van der Waals surface area contributed by atoms with Crippen LogP contribution in [0.25, 0.3) is 16.9 Å². The molecule has 0 fully saturated rings. The molecule has 0 aliphatic heterocycles. The van der Waals surface area contributed by atoms with E-state index in [0.717, 1.165) is 6.07 Å². The van der Waals surface area contributed by atoms with Crippen molar-refractivity contribution in [2.24, 2.45) is 0 Å². The van der Waals surface area contributed by atoms with Crippen LogP contribution in [0.5, 0.6) is 11.5 Å². The Hall–Kier alpha value is -3.05. The molecule has 2 aromatic heterocycles. The number of fused-ring (bicyclic) bond motifs is 1. The minimum atomic E-state index is -4.79. The number of nitrogens with zero attached hydrogens (tertiary/aromatic N) is 3. The summed E-state index contributed by atoms with van der Waals surface area (Å²) in [6, 6.07) is 5.38. The number of nitrogens with one attached hydrogen (secondary N) is 1. The fourth-order valence-corrected chi connectivity index (χ4v) is 3.08. The Labute approximate surface area is 179 Å². The van der Waals surface area contributed by atoms with Gasteiger partial charge in [-0.3, -0.25) is 4.79 Å². The van der Waals surface area contributed by atoms with Gasteiger partial charge in [0.1, 0.15) is 5.02 Å². The summed E-state index contributed by atoms with van der Waals surface area (Å²) in [6.07, 6.45) is -4.79. The molecule has 1 aromatic carbocycles. The van der Waals surface area contributed by atoms with Crippen molar-refractivity contribution in [3.05, 3.63) is 40.7 Å². The maximum Gasteiger partial charge on any atom is 0.433 e. The lowest BCUT2D eigenvalue weighted by Crippen LogP contribution is -2.27. The van der Waals surface area contributed by atoms with Gasteiger partial charge in [0.15, 0.2) is 28.5 Å². The average molecular weight is 459 g/mol. The molecule has 8 nitrogen and oxygen atoms in total. The summed E-state index contributed by atoms with van der Waals surface area (Å²) in [6.45, 7) is 0.349. The van der Waals surface area contributed by atoms with Gasteiger partial charge in [0.2, 0.25) is 0 Å². The molecule has 1 amide bonds. The number of hydrogen-bond donors (Lipinski definition) is 1. The van der Waals surface area contributed by atoms with Crippen molar-refractivity contribution < 1.29 is 32.2 Å². The average Bonchev–Trinajstić information content (AvgIpc) is 3.08. The van der Waals surface area contributed by atoms with E-state index in [9.17, 15) is 18.0 Å². The first-order valence-corrected chi connectivity index (χ1v) is 9.25. The Kier molecular flexibility index (Phi) is 6.56. The molecule has 0 radical (unpaired) electrons. The number of methoxy groups -OCH3 is 3. The molecule has 12 heteroatoms. The second-order valence-corrected chi connectivity index (χ2v) is 6.62. The summed E-state index contributed by atoms with van der Waals surface area (Å²) < 4.78 is 57.0. The van der Waals surface area contributed by atoms with Crippen molar-refractivity contribution in [1.29, 1.82) is 0 Å². The summed E-state index contributed by atoms with van der Waals surface area (Å²) in [4.78, 5) is 16.5. The summed E-state index contributed by atoms with van der Waals surface area (Å²) in [5, 5.41) is 5.93. The third kappa shape index (κ3) is 4.52. The van der Waals surface area contributed by atoms with Gasteiger partial charge in [-0.1, -0.05) is 11.6 Å². The molecule has 166 valence electrons. The largest absolute Gasteiger partial charge is 0.493 e. The van der Waals surface area contributed by atoms with Crippen LogP contribution in [0.3, 0.4) is 0 Å². The van der Waals surface area contributed by atoms with Gasteiger partial charge < -0.3 is 19.5 Å². The SMILES string of the molecule is COCCNC(=O)c1nn2c(C(F)(F)F)cc(-c3ccc(OC)c(OC)c3)nc2c1Cl. The predicted molar refractivity (Wildman–Crippen MR) is 106 cm³/mol. The molecule has 0 saturated heterocycles. The van der Waals surface area contributed by atoms with Gasteiger partial charge in [0.05, 0.1) is 26.5 Å². The van der Waals surface area contributed by atoms with Crippen LogP contribution in [-0.2, 0) is 10.9 Å². The topological polar surface area (TPSA) is 87.0 Å².